The fourth-order valence-electron chi connectivity index (χ4n) is 3.20. The van der Waals surface area contributed by atoms with Gasteiger partial charge in [0.25, 0.3) is 0 Å². The monoisotopic (exact) mass is 339 g/mol. The van der Waals surface area contributed by atoms with Gasteiger partial charge in [-0.2, -0.15) is 0 Å². The zero-order valence-electron chi connectivity index (χ0n) is 14.1. The Morgan fingerprint density at radius 2 is 1.88 bits per heavy atom. The highest BCUT2D eigenvalue weighted by Gasteiger charge is 2.53. The Kier molecular flexibility index (Phi) is 3.88. The lowest BCUT2D eigenvalue weighted by Crippen LogP contribution is -2.41. The topological polar surface area (TPSA) is 67.8 Å². The molecule has 0 saturated carbocycles. The van der Waals surface area contributed by atoms with Crippen molar-refractivity contribution < 1.29 is 28.0 Å². The van der Waals surface area contributed by atoms with Crippen molar-refractivity contribution >= 4 is 18.7 Å². The Hall–Kier alpha value is -1.67. The zero-order valence-corrected chi connectivity index (χ0v) is 14.1. The molecular weight excluding hydrogens is 319 g/mol. The number of halogens is 2. The predicted molar refractivity (Wildman–Crippen MR) is 84.3 cm³/mol. The number of nitrogens with one attached hydrogen (secondary N) is 1. The number of hydrogen-bond donors (Lipinski definition) is 2. The standard InChI is InChI=1S/C16H20BF2NO4/c1-15(2)16(3,4)24-17(23-15)12-9(18)7-8-5-6-10(20-14(21)22)11(8)13(12)19/h7,10,20H,5-6H2,1-4H3,(H,21,22). The van der Waals surface area contributed by atoms with Crippen LogP contribution in [0, 0.1) is 11.6 Å². The van der Waals surface area contributed by atoms with Gasteiger partial charge < -0.3 is 19.7 Å². The maximum Gasteiger partial charge on any atom is 0.500 e. The van der Waals surface area contributed by atoms with Crippen molar-refractivity contribution in [1.29, 1.82) is 0 Å². The predicted octanol–water partition coefficient (Wildman–Crippen LogP) is 2.52. The van der Waals surface area contributed by atoms with E-state index in [0.29, 0.717) is 18.4 Å². The Balaban J connectivity index is 2.04. The van der Waals surface area contributed by atoms with Gasteiger partial charge in [0.2, 0.25) is 0 Å². The second-order valence-electron chi connectivity index (χ2n) is 7.29. The summed E-state index contributed by atoms with van der Waals surface area (Å²) in [5.74, 6) is -1.53. The van der Waals surface area contributed by atoms with Gasteiger partial charge in [-0.25, -0.2) is 13.6 Å². The quantitative estimate of drug-likeness (QED) is 0.813. The number of rotatable bonds is 2. The van der Waals surface area contributed by atoms with Crippen LogP contribution in [0.5, 0.6) is 0 Å². The molecule has 2 N–H and O–H groups in total. The number of benzene rings is 1. The molecular formula is C16H20BF2NO4. The van der Waals surface area contributed by atoms with Crippen LogP contribution in [0.25, 0.3) is 0 Å². The summed E-state index contributed by atoms with van der Waals surface area (Å²) in [4.78, 5) is 10.9. The van der Waals surface area contributed by atoms with Gasteiger partial charge in [0.05, 0.1) is 22.7 Å². The first kappa shape index (κ1) is 17.2. The van der Waals surface area contributed by atoms with E-state index in [9.17, 15) is 9.18 Å². The van der Waals surface area contributed by atoms with Crippen LogP contribution in [-0.2, 0) is 15.7 Å². The van der Waals surface area contributed by atoms with E-state index in [4.69, 9.17) is 14.4 Å². The third-order valence-corrected chi connectivity index (χ3v) is 5.21. The molecule has 0 spiro atoms. The van der Waals surface area contributed by atoms with E-state index in [0.717, 1.165) is 0 Å². The lowest BCUT2D eigenvalue weighted by Gasteiger charge is -2.32. The van der Waals surface area contributed by atoms with Crippen LogP contribution in [0.2, 0.25) is 0 Å². The molecule has 0 aromatic heterocycles. The van der Waals surface area contributed by atoms with Gasteiger partial charge >= 0.3 is 13.2 Å². The maximum absolute atomic E-state index is 15.1. The number of aryl methyl sites for hydroxylation is 1. The van der Waals surface area contributed by atoms with Crippen molar-refractivity contribution in [2.75, 3.05) is 0 Å². The second kappa shape index (κ2) is 5.42. The van der Waals surface area contributed by atoms with Gasteiger partial charge in [-0.3, -0.25) is 0 Å². The fourth-order valence-corrected chi connectivity index (χ4v) is 3.20. The average molecular weight is 339 g/mol. The van der Waals surface area contributed by atoms with Crippen LogP contribution >= 0.6 is 0 Å². The van der Waals surface area contributed by atoms with E-state index in [2.05, 4.69) is 5.32 Å². The van der Waals surface area contributed by atoms with Gasteiger partial charge in [0, 0.05) is 5.56 Å². The Bertz CT molecular complexity index is 692. The molecule has 24 heavy (non-hydrogen) atoms. The van der Waals surface area contributed by atoms with Crippen LogP contribution in [-0.4, -0.2) is 29.5 Å². The smallest absolute Gasteiger partial charge is 0.465 e. The van der Waals surface area contributed by atoms with Crippen LogP contribution in [0.3, 0.4) is 0 Å². The summed E-state index contributed by atoms with van der Waals surface area (Å²) in [5, 5.41) is 11.2. The summed E-state index contributed by atoms with van der Waals surface area (Å²) in [6, 6.07) is 0.557. The van der Waals surface area contributed by atoms with Gasteiger partial charge in [-0.15, -0.1) is 0 Å². The average Bonchev–Trinajstić information content (AvgIpc) is 2.88. The summed E-state index contributed by atoms with van der Waals surface area (Å²) in [6.07, 6.45) is -0.434. The van der Waals surface area contributed by atoms with Crippen LogP contribution in [0.1, 0.15) is 51.3 Å². The molecule has 130 valence electrons. The van der Waals surface area contributed by atoms with Crippen molar-refractivity contribution in [3.05, 3.63) is 28.8 Å². The van der Waals surface area contributed by atoms with E-state index < -0.39 is 42.1 Å². The zero-order chi connectivity index (χ0) is 17.9. The Labute approximate surface area is 139 Å². The first-order valence-electron chi connectivity index (χ1n) is 7.89. The van der Waals surface area contributed by atoms with Crippen molar-refractivity contribution in [3.63, 3.8) is 0 Å². The highest BCUT2D eigenvalue weighted by molar-refractivity contribution is 6.62. The summed E-state index contributed by atoms with van der Waals surface area (Å²) >= 11 is 0. The highest BCUT2D eigenvalue weighted by Crippen LogP contribution is 2.38. The molecule has 1 aromatic carbocycles. The van der Waals surface area contributed by atoms with Crippen LogP contribution < -0.4 is 10.8 Å². The van der Waals surface area contributed by atoms with Crippen molar-refractivity contribution in [2.45, 2.75) is 57.8 Å². The molecule has 8 heteroatoms. The molecule has 1 fully saturated rings. The molecule has 0 bridgehead atoms. The summed E-state index contributed by atoms with van der Waals surface area (Å²) in [5.41, 5.74) is -1.10. The molecule has 2 aliphatic rings. The third-order valence-electron chi connectivity index (χ3n) is 5.21. The maximum atomic E-state index is 15.1. The van der Waals surface area contributed by atoms with Crippen molar-refractivity contribution in [1.82, 2.24) is 5.32 Å². The van der Waals surface area contributed by atoms with E-state index in [1.807, 2.05) is 0 Å². The molecule has 1 aromatic rings. The second-order valence-corrected chi connectivity index (χ2v) is 7.29. The number of carboxylic acid groups (broad SMARTS) is 1. The molecule has 1 atom stereocenters. The molecule has 1 amide bonds. The summed E-state index contributed by atoms with van der Waals surface area (Å²) < 4.78 is 41.1. The minimum Gasteiger partial charge on any atom is -0.465 e. The fraction of sp³-hybridized carbons (Fsp3) is 0.562. The Morgan fingerprint density at radius 3 is 2.42 bits per heavy atom. The third kappa shape index (κ3) is 2.57. The van der Waals surface area contributed by atoms with Gasteiger partial charge in [0.15, 0.2) is 0 Å². The summed E-state index contributed by atoms with van der Waals surface area (Å²) in [7, 11) is -1.17. The number of amides is 1. The lowest BCUT2D eigenvalue weighted by atomic mass is 9.76. The van der Waals surface area contributed by atoms with Gasteiger partial charge in [-0.05, 0) is 52.2 Å². The molecule has 0 radical (unpaired) electrons. The largest absolute Gasteiger partial charge is 0.500 e. The minimum atomic E-state index is -1.24. The molecule has 1 heterocycles. The number of hydrogen-bond acceptors (Lipinski definition) is 3. The van der Waals surface area contributed by atoms with Gasteiger partial charge in [-0.1, -0.05) is 0 Å². The van der Waals surface area contributed by atoms with E-state index >= 15 is 4.39 Å². The van der Waals surface area contributed by atoms with Crippen LogP contribution in [0.4, 0.5) is 13.6 Å². The lowest BCUT2D eigenvalue weighted by molar-refractivity contribution is 0.00578. The van der Waals surface area contributed by atoms with E-state index in [-0.39, 0.29) is 11.0 Å². The van der Waals surface area contributed by atoms with Crippen LogP contribution in [0.15, 0.2) is 6.07 Å². The number of carbonyl (C=O) groups is 1. The minimum absolute atomic E-state index is 0.184. The first-order chi connectivity index (χ1) is 11.0. The molecule has 1 unspecified atom stereocenters. The summed E-state index contributed by atoms with van der Waals surface area (Å²) in [6.45, 7) is 7.19. The normalized spacial score (nSPS) is 24.1. The van der Waals surface area contributed by atoms with E-state index in [1.165, 1.54) is 6.07 Å². The molecule has 1 aliphatic carbocycles. The number of fused-ring (bicyclic) bond motifs is 1. The highest BCUT2D eigenvalue weighted by atomic mass is 19.1. The SMILES string of the molecule is CC1(C)OB(c2c(F)cc3c(c2F)C(NC(=O)O)CC3)OC1(C)C. The van der Waals surface area contributed by atoms with Gasteiger partial charge in [0.1, 0.15) is 11.6 Å². The molecule has 3 rings (SSSR count). The molecule has 1 aliphatic heterocycles. The van der Waals surface area contributed by atoms with E-state index in [1.54, 1.807) is 27.7 Å². The van der Waals surface area contributed by atoms with Crippen molar-refractivity contribution in [2.24, 2.45) is 0 Å². The first-order valence-corrected chi connectivity index (χ1v) is 7.89. The Morgan fingerprint density at radius 1 is 1.29 bits per heavy atom. The van der Waals surface area contributed by atoms with Crippen molar-refractivity contribution in [3.8, 4) is 0 Å². The molecule has 5 nitrogen and oxygen atoms in total. The molecule has 1 saturated heterocycles.